The summed E-state index contributed by atoms with van der Waals surface area (Å²) < 4.78 is 37.0. The Bertz CT molecular complexity index is 1360. The smallest absolute Gasteiger partial charge is 0.417 e. The van der Waals surface area contributed by atoms with Gasteiger partial charge in [-0.1, -0.05) is 0 Å². The number of hydrogen-bond acceptors (Lipinski definition) is 10. The number of rotatable bonds is 5. The Morgan fingerprint density at radius 2 is 1.80 bits per heavy atom. The third kappa shape index (κ3) is 6.61. The molecule has 2 fully saturated rings. The zero-order valence-corrected chi connectivity index (χ0v) is 24.9. The van der Waals surface area contributed by atoms with Crippen LogP contribution in [0, 0.1) is 5.82 Å². The van der Waals surface area contributed by atoms with Crippen molar-refractivity contribution in [2.24, 2.45) is 0 Å². The van der Waals surface area contributed by atoms with Crippen molar-refractivity contribution >= 4 is 35.4 Å². The Hall–Kier alpha value is -3.32. The first-order chi connectivity index (χ1) is 19.2. The minimum atomic E-state index is -0.854. The molecule has 2 aromatic heterocycles. The third-order valence-electron chi connectivity index (χ3n) is 6.76. The summed E-state index contributed by atoms with van der Waals surface area (Å²) in [6.07, 6.45) is 1.09. The lowest BCUT2D eigenvalue weighted by atomic mass is 10.0. The van der Waals surface area contributed by atoms with Crippen LogP contribution in [0.15, 0.2) is 6.07 Å². The lowest BCUT2D eigenvalue weighted by molar-refractivity contribution is 0.0246. The Balaban J connectivity index is 1.48. The number of hydrogen-bond donors (Lipinski definition) is 2. The number of alkyl carbamates (subject to hydrolysis) is 1. The zero-order chi connectivity index (χ0) is 29.7. The number of ether oxygens (including phenoxy) is 3. The van der Waals surface area contributed by atoms with Crippen molar-refractivity contribution in [2.75, 3.05) is 18.5 Å². The summed E-state index contributed by atoms with van der Waals surface area (Å²) in [7, 11) is 0. The van der Waals surface area contributed by atoms with Gasteiger partial charge in [-0.2, -0.15) is 4.37 Å². The second-order valence-electron chi connectivity index (χ2n) is 12.6. The molecule has 5 rings (SSSR count). The van der Waals surface area contributed by atoms with E-state index in [-0.39, 0.29) is 35.8 Å². The number of pyridine rings is 1. The van der Waals surface area contributed by atoms with Gasteiger partial charge in [0.25, 0.3) is 5.91 Å². The maximum Gasteiger partial charge on any atom is 0.417 e. The van der Waals surface area contributed by atoms with E-state index in [1.165, 1.54) is 11.5 Å². The van der Waals surface area contributed by atoms with Gasteiger partial charge < -0.3 is 24.8 Å². The minimum Gasteiger partial charge on any atom is -0.444 e. The van der Waals surface area contributed by atoms with Gasteiger partial charge >= 0.3 is 12.2 Å². The molecule has 11 nitrogen and oxygen atoms in total. The van der Waals surface area contributed by atoms with Crippen LogP contribution in [0.5, 0.6) is 0 Å². The number of fused-ring (bicyclic) bond motifs is 1. The molecule has 2 unspecified atom stereocenters. The second-order valence-corrected chi connectivity index (χ2v) is 13.4. The van der Waals surface area contributed by atoms with Gasteiger partial charge in [0, 0.05) is 18.1 Å². The molecule has 0 radical (unpaired) electrons. The number of carbonyl (C=O) groups is 3. The molecule has 0 aromatic carbocycles. The number of aromatic nitrogens is 2. The first-order valence-corrected chi connectivity index (χ1v) is 14.6. The topological polar surface area (TPSA) is 132 Å². The van der Waals surface area contributed by atoms with Crippen LogP contribution in [0.1, 0.15) is 88.3 Å². The van der Waals surface area contributed by atoms with E-state index in [2.05, 4.69) is 20.0 Å². The second kappa shape index (κ2) is 10.8. The molecule has 222 valence electrons. The molecule has 0 spiro atoms. The summed E-state index contributed by atoms with van der Waals surface area (Å²) in [5.74, 6) is -1.11. The maximum absolute atomic E-state index is 16.1. The zero-order valence-electron chi connectivity index (χ0n) is 24.1. The molecule has 2 aromatic rings. The Morgan fingerprint density at radius 1 is 1.10 bits per heavy atom. The monoisotopic (exact) mass is 589 g/mol. The molecule has 13 heteroatoms. The van der Waals surface area contributed by atoms with E-state index in [0.717, 1.165) is 23.4 Å². The van der Waals surface area contributed by atoms with Gasteiger partial charge in [-0.15, -0.1) is 0 Å². The summed E-state index contributed by atoms with van der Waals surface area (Å²) in [5.41, 5.74) is -0.271. The lowest BCUT2D eigenvalue weighted by Gasteiger charge is -2.33. The number of nitrogens with one attached hydrogen (secondary N) is 2. The number of nitrogens with zero attached hydrogens (tertiary/aromatic N) is 3. The summed E-state index contributed by atoms with van der Waals surface area (Å²) >= 11 is 1.19. The van der Waals surface area contributed by atoms with Crippen LogP contribution in [-0.2, 0) is 20.8 Å². The average molecular weight is 590 g/mol. The van der Waals surface area contributed by atoms with Crippen LogP contribution in [0.3, 0.4) is 0 Å². The molecule has 4 heterocycles. The molecule has 3 aliphatic rings. The van der Waals surface area contributed by atoms with Crippen LogP contribution in [-0.4, -0.2) is 68.9 Å². The highest BCUT2D eigenvalue weighted by Crippen LogP contribution is 2.43. The summed E-state index contributed by atoms with van der Waals surface area (Å²) in [5, 5.41) is 5.96. The molecular formula is C28H36FN5O6S. The van der Waals surface area contributed by atoms with Crippen molar-refractivity contribution in [2.45, 2.75) is 96.6 Å². The first-order valence-electron chi connectivity index (χ1n) is 13.8. The fourth-order valence-corrected chi connectivity index (χ4v) is 5.57. The summed E-state index contributed by atoms with van der Waals surface area (Å²) in [6.45, 7) is 10.7. The first kappa shape index (κ1) is 29.2. The van der Waals surface area contributed by atoms with Crippen LogP contribution < -0.4 is 10.6 Å². The molecule has 2 aliphatic heterocycles. The third-order valence-corrected chi connectivity index (χ3v) is 7.57. The predicted molar refractivity (Wildman–Crippen MR) is 149 cm³/mol. The average Bonchev–Trinajstić information content (AvgIpc) is 3.48. The van der Waals surface area contributed by atoms with E-state index in [9.17, 15) is 14.4 Å². The highest BCUT2D eigenvalue weighted by atomic mass is 32.1. The summed E-state index contributed by atoms with van der Waals surface area (Å²) in [4.78, 5) is 45.0. The van der Waals surface area contributed by atoms with Crippen LogP contribution in [0.25, 0.3) is 10.6 Å². The highest BCUT2D eigenvalue weighted by Gasteiger charge is 2.42. The number of amides is 3. The molecule has 41 heavy (non-hydrogen) atoms. The van der Waals surface area contributed by atoms with E-state index in [4.69, 9.17) is 14.2 Å². The predicted octanol–water partition coefficient (Wildman–Crippen LogP) is 5.21. The Morgan fingerprint density at radius 3 is 2.46 bits per heavy atom. The molecule has 3 amide bonds. The Labute approximate surface area is 242 Å². The fourth-order valence-electron chi connectivity index (χ4n) is 4.75. The molecule has 1 saturated carbocycles. The van der Waals surface area contributed by atoms with Crippen LogP contribution in [0.2, 0.25) is 0 Å². The number of imide groups is 1. The fraction of sp³-hybridized carbons (Fsp3) is 0.607. The van der Waals surface area contributed by atoms with Gasteiger partial charge in [-0.25, -0.2) is 23.9 Å². The van der Waals surface area contributed by atoms with Crippen molar-refractivity contribution in [3.05, 3.63) is 28.7 Å². The van der Waals surface area contributed by atoms with Crippen molar-refractivity contribution in [1.29, 1.82) is 0 Å². The van der Waals surface area contributed by atoms with Gasteiger partial charge in [-0.3, -0.25) is 4.79 Å². The van der Waals surface area contributed by atoms with Crippen LogP contribution in [0.4, 0.5) is 19.8 Å². The van der Waals surface area contributed by atoms with Crippen molar-refractivity contribution in [3.8, 4) is 10.6 Å². The van der Waals surface area contributed by atoms with Gasteiger partial charge in [0.15, 0.2) is 11.6 Å². The molecular weight excluding hydrogens is 553 g/mol. The van der Waals surface area contributed by atoms with Crippen molar-refractivity contribution in [3.63, 3.8) is 0 Å². The number of halogens is 1. The molecule has 0 bridgehead atoms. The molecule has 1 aliphatic carbocycles. The number of anilines is 1. The molecule has 1 saturated heterocycles. The highest BCUT2D eigenvalue weighted by molar-refractivity contribution is 7.09. The van der Waals surface area contributed by atoms with Gasteiger partial charge in [-0.05, 0) is 78.4 Å². The normalized spacial score (nSPS) is 21.0. The van der Waals surface area contributed by atoms with E-state index >= 15 is 4.39 Å². The number of carbonyl (C=O) groups excluding carboxylic acids is 3. The van der Waals surface area contributed by atoms with E-state index in [0.29, 0.717) is 23.8 Å². The molecule has 2 atom stereocenters. The largest absolute Gasteiger partial charge is 0.444 e. The van der Waals surface area contributed by atoms with Crippen LogP contribution >= 0.6 is 11.5 Å². The van der Waals surface area contributed by atoms with E-state index in [1.54, 1.807) is 41.5 Å². The quantitative estimate of drug-likeness (QED) is 0.483. The lowest BCUT2D eigenvalue weighted by Crippen LogP contribution is -2.53. The summed E-state index contributed by atoms with van der Waals surface area (Å²) in [6, 6.07) is 0.921. The van der Waals surface area contributed by atoms with Gasteiger partial charge in [0.1, 0.15) is 11.2 Å². The maximum atomic E-state index is 16.1. The standard InChI is InChI=1S/C28H36FN5O6S/c1-27(2,3)39-25(36)31-18-13-38-10-9-16(18)30-23-21(29)15-12-34(26(37)40-28(4,5)6)24(35)20(15)22(32-23)19-11-17(33-41-19)14-7-8-14/h11,14,16,18H,7-10,12-13H2,1-6H3,(H,30,32)(H,31,36). The van der Waals surface area contributed by atoms with Gasteiger partial charge in [0.05, 0.1) is 47.1 Å². The minimum absolute atomic E-state index is 0.0281. The van der Waals surface area contributed by atoms with E-state index < -0.39 is 47.2 Å². The van der Waals surface area contributed by atoms with Gasteiger partial charge in [0.2, 0.25) is 0 Å². The van der Waals surface area contributed by atoms with E-state index in [1.807, 2.05) is 6.07 Å². The molecule has 2 N–H and O–H groups in total. The van der Waals surface area contributed by atoms with Crippen molar-refractivity contribution < 1.29 is 33.0 Å². The van der Waals surface area contributed by atoms with Crippen molar-refractivity contribution in [1.82, 2.24) is 19.6 Å². The SMILES string of the molecule is CC(C)(C)OC(=O)NC1COCCC1Nc1nc(-c2cc(C3CC3)ns2)c2c(c1F)CN(C(=O)OC(C)(C)C)C2=O. The Kier molecular flexibility index (Phi) is 7.70.